The van der Waals surface area contributed by atoms with E-state index in [1.807, 2.05) is 0 Å². The second kappa shape index (κ2) is 4.07. The van der Waals surface area contributed by atoms with Crippen molar-refractivity contribution in [1.82, 2.24) is 0 Å². The van der Waals surface area contributed by atoms with Gasteiger partial charge in [-0.1, -0.05) is 12.1 Å². The number of nitro benzene ring substituents is 1. The highest BCUT2D eigenvalue weighted by molar-refractivity contribution is 9.10. The number of alkyl halides is 1. The molecule has 0 heterocycles. The van der Waals surface area contributed by atoms with Gasteiger partial charge in [0, 0.05) is 11.4 Å². The molecule has 0 atom stereocenters. The Hall–Kier alpha value is -0.610. The number of aryl methyl sites for hydroxylation is 1. The van der Waals surface area contributed by atoms with Gasteiger partial charge in [0.2, 0.25) is 0 Å². The van der Waals surface area contributed by atoms with E-state index in [2.05, 4.69) is 15.9 Å². The van der Waals surface area contributed by atoms with E-state index in [1.54, 1.807) is 19.1 Å². The molecule has 0 saturated carbocycles. The maximum absolute atomic E-state index is 10.6. The van der Waals surface area contributed by atoms with Crippen molar-refractivity contribution < 1.29 is 4.92 Å². The molecule has 0 unspecified atom stereocenters. The van der Waals surface area contributed by atoms with Crippen LogP contribution in [0.25, 0.3) is 0 Å². The first-order valence-electron chi connectivity index (χ1n) is 3.56. The molecule has 0 N–H and O–H groups in total. The largest absolute Gasteiger partial charge is 0.286 e. The zero-order valence-corrected chi connectivity index (χ0v) is 9.22. The van der Waals surface area contributed by atoms with E-state index < -0.39 is 4.92 Å². The maximum atomic E-state index is 10.6. The SMILES string of the molecule is Cc1ccc(CCl)c(Br)c1[N+](=O)[O-]. The summed E-state index contributed by atoms with van der Waals surface area (Å²) in [5, 5.41) is 10.6. The quantitative estimate of drug-likeness (QED) is 0.467. The van der Waals surface area contributed by atoms with Crippen LogP contribution in [0.15, 0.2) is 16.6 Å². The van der Waals surface area contributed by atoms with Crippen LogP contribution in [-0.2, 0) is 5.88 Å². The number of halogens is 2. The molecule has 0 aliphatic rings. The van der Waals surface area contributed by atoms with Crippen LogP contribution in [0.3, 0.4) is 0 Å². The summed E-state index contributed by atoms with van der Waals surface area (Å²) in [6.45, 7) is 1.70. The fraction of sp³-hybridized carbons (Fsp3) is 0.250. The summed E-state index contributed by atoms with van der Waals surface area (Å²) in [6.07, 6.45) is 0. The van der Waals surface area contributed by atoms with Crippen molar-refractivity contribution >= 4 is 33.2 Å². The minimum atomic E-state index is -0.407. The summed E-state index contributed by atoms with van der Waals surface area (Å²) in [7, 11) is 0. The third-order valence-electron chi connectivity index (χ3n) is 1.72. The zero-order valence-electron chi connectivity index (χ0n) is 6.88. The van der Waals surface area contributed by atoms with Gasteiger partial charge in [0.25, 0.3) is 5.69 Å². The molecular formula is C8H7BrClNO2. The molecule has 0 amide bonds. The van der Waals surface area contributed by atoms with Crippen molar-refractivity contribution in [2.45, 2.75) is 12.8 Å². The van der Waals surface area contributed by atoms with E-state index in [-0.39, 0.29) is 11.6 Å². The van der Waals surface area contributed by atoms with Gasteiger partial charge in [-0.3, -0.25) is 10.1 Å². The number of hydrogen-bond donors (Lipinski definition) is 0. The molecule has 1 aromatic carbocycles. The van der Waals surface area contributed by atoms with Crippen LogP contribution >= 0.6 is 27.5 Å². The Bertz CT molecular complexity index is 354. The van der Waals surface area contributed by atoms with E-state index in [0.29, 0.717) is 10.0 Å². The lowest BCUT2D eigenvalue weighted by Gasteiger charge is -2.03. The van der Waals surface area contributed by atoms with Gasteiger partial charge < -0.3 is 0 Å². The van der Waals surface area contributed by atoms with Gasteiger partial charge in [-0.2, -0.15) is 0 Å². The Labute approximate surface area is 89.0 Å². The predicted molar refractivity (Wildman–Crippen MR) is 55.1 cm³/mol. The first-order chi connectivity index (χ1) is 6.07. The van der Waals surface area contributed by atoms with E-state index in [1.165, 1.54) is 0 Å². The number of nitrogens with zero attached hydrogens (tertiary/aromatic N) is 1. The van der Waals surface area contributed by atoms with Crippen molar-refractivity contribution in [2.75, 3.05) is 0 Å². The van der Waals surface area contributed by atoms with Crippen LogP contribution in [-0.4, -0.2) is 4.92 Å². The molecule has 0 radical (unpaired) electrons. The van der Waals surface area contributed by atoms with Crippen molar-refractivity contribution in [1.29, 1.82) is 0 Å². The summed E-state index contributed by atoms with van der Waals surface area (Å²) < 4.78 is 0.479. The molecule has 1 rings (SSSR count). The molecule has 13 heavy (non-hydrogen) atoms. The van der Waals surface area contributed by atoms with Gasteiger partial charge in [-0.25, -0.2) is 0 Å². The Balaban J connectivity index is 3.38. The van der Waals surface area contributed by atoms with Crippen molar-refractivity contribution in [3.05, 3.63) is 37.8 Å². The Morgan fingerprint density at radius 3 is 2.69 bits per heavy atom. The Morgan fingerprint density at radius 2 is 2.23 bits per heavy atom. The molecule has 1 aromatic rings. The molecule has 0 fully saturated rings. The third-order valence-corrected chi connectivity index (χ3v) is 2.90. The highest BCUT2D eigenvalue weighted by atomic mass is 79.9. The zero-order chi connectivity index (χ0) is 10.0. The molecule has 5 heteroatoms. The standard InChI is InChI=1S/C8H7BrClNO2/c1-5-2-3-6(4-10)7(9)8(5)11(12)13/h2-3H,4H2,1H3. The lowest BCUT2D eigenvalue weighted by atomic mass is 10.1. The molecule has 0 bridgehead atoms. The second-order valence-electron chi connectivity index (χ2n) is 2.59. The van der Waals surface area contributed by atoms with Gasteiger partial charge in [0.1, 0.15) is 0 Å². The topological polar surface area (TPSA) is 43.1 Å². The summed E-state index contributed by atoms with van der Waals surface area (Å²) in [6, 6.07) is 3.47. The van der Waals surface area contributed by atoms with E-state index in [4.69, 9.17) is 11.6 Å². The number of hydrogen-bond acceptors (Lipinski definition) is 2. The van der Waals surface area contributed by atoms with E-state index in [0.717, 1.165) is 5.56 Å². The Kier molecular flexibility index (Phi) is 3.27. The lowest BCUT2D eigenvalue weighted by molar-refractivity contribution is -0.386. The lowest BCUT2D eigenvalue weighted by Crippen LogP contribution is -1.95. The van der Waals surface area contributed by atoms with Crippen molar-refractivity contribution in [2.24, 2.45) is 0 Å². The maximum Gasteiger partial charge on any atom is 0.286 e. The number of benzene rings is 1. The summed E-state index contributed by atoms with van der Waals surface area (Å²) in [4.78, 5) is 10.2. The average Bonchev–Trinajstić information content (AvgIpc) is 2.04. The van der Waals surface area contributed by atoms with Crippen LogP contribution in [0.4, 0.5) is 5.69 Å². The van der Waals surface area contributed by atoms with Crippen molar-refractivity contribution in [3.63, 3.8) is 0 Å². The van der Waals surface area contributed by atoms with Crippen LogP contribution in [0.5, 0.6) is 0 Å². The minimum absolute atomic E-state index is 0.0955. The van der Waals surface area contributed by atoms with Gasteiger partial charge in [-0.15, -0.1) is 11.6 Å². The molecule has 70 valence electrons. The van der Waals surface area contributed by atoms with Crippen molar-refractivity contribution in [3.8, 4) is 0 Å². The predicted octanol–water partition coefficient (Wildman–Crippen LogP) is 3.40. The number of rotatable bonds is 2. The van der Waals surface area contributed by atoms with Crippen LogP contribution in [0.2, 0.25) is 0 Å². The van der Waals surface area contributed by atoms with E-state index >= 15 is 0 Å². The molecular weight excluding hydrogens is 257 g/mol. The Morgan fingerprint density at radius 1 is 1.62 bits per heavy atom. The summed E-state index contributed by atoms with van der Waals surface area (Å²) in [5.74, 6) is 0.266. The first kappa shape index (κ1) is 10.5. The van der Waals surface area contributed by atoms with Crippen LogP contribution in [0, 0.1) is 17.0 Å². The molecule has 0 aliphatic heterocycles. The molecule has 0 saturated heterocycles. The van der Waals surface area contributed by atoms with Crippen LogP contribution in [0.1, 0.15) is 11.1 Å². The summed E-state index contributed by atoms with van der Waals surface area (Å²) in [5.41, 5.74) is 1.46. The monoisotopic (exact) mass is 263 g/mol. The highest BCUT2D eigenvalue weighted by Gasteiger charge is 2.17. The molecule has 0 spiro atoms. The first-order valence-corrected chi connectivity index (χ1v) is 4.89. The van der Waals surface area contributed by atoms with Gasteiger partial charge >= 0.3 is 0 Å². The van der Waals surface area contributed by atoms with Crippen LogP contribution < -0.4 is 0 Å². The number of nitro groups is 1. The fourth-order valence-corrected chi connectivity index (χ4v) is 2.14. The second-order valence-corrected chi connectivity index (χ2v) is 3.66. The minimum Gasteiger partial charge on any atom is -0.258 e. The van der Waals surface area contributed by atoms with Gasteiger partial charge in [0.05, 0.1) is 9.40 Å². The highest BCUT2D eigenvalue weighted by Crippen LogP contribution is 2.32. The fourth-order valence-electron chi connectivity index (χ4n) is 1.03. The van der Waals surface area contributed by atoms with E-state index in [9.17, 15) is 10.1 Å². The third kappa shape index (κ3) is 2.00. The average molecular weight is 265 g/mol. The smallest absolute Gasteiger partial charge is 0.258 e. The van der Waals surface area contributed by atoms with Gasteiger partial charge in [-0.05, 0) is 28.4 Å². The normalized spacial score (nSPS) is 10.1. The molecule has 0 aliphatic carbocycles. The van der Waals surface area contributed by atoms with Gasteiger partial charge in [0.15, 0.2) is 0 Å². The molecule has 3 nitrogen and oxygen atoms in total. The molecule has 0 aromatic heterocycles. The summed E-state index contributed by atoms with van der Waals surface area (Å²) >= 11 is 8.78.